The predicted molar refractivity (Wildman–Crippen MR) is 109 cm³/mol. The number of carbonyl (C=O) groups excluding carboxylic acids is 1. The van der Waals surface area contributed by atoms with Crippen molar-refractivity contribution >= 4 is 33.2 Å². The van der Waals surface area contributed by atoms with Gasteiger partial charge in [-0.25, -0.2) is 13.5 Å². The van der Waals surface area contributed by atoms with Crippen LogP contribution in [0.15, 0.2) is 47.4 Å². The highest BCUT2D eigenvalue weighted by Gasteiger charge is 2.26. The summed E-state index contributed by atoms with van der Waals surface area (Å²) in [7, 11) is -3.63. The molecule has 30 heavy (non-hydrogen) atoms. The number of H-pyrrole nitrogens is 1. The minimum absolute atomic E-state index is 0.122. The van der Waals surface area contributed by atoms with Crippen molar-refractivity contribution in [2.45, 2.75) is 4.90 Å². The molecule has 156 valence electrons. The van der Waals surface area contributed by atoms with Crippen molar-refractivity contribution in [2.75, 3.05) is 31.6 Å². The summed E-state index contributed by atoms with van der Waals surface area (Å²) in [6, 6.07) is 10.7. The summed E-state index contributed by atoms with van der Waals surface area (Å²) in [5.41, 5.74) is 1.26. The topological polar surface area (TPSA) is 130 Å². The van der Waals surface area contributed by atoms with Gasteiger partial charge in [-0.05, 0) is 52.9 Å². The number of ether oxygens (including phenoxy) is 1. The van der Waals surface area contributed by atoms with E-state index in [1.54, 1.807) is 18.2 Å². The Kier molecular flexibility index (Phi) is 5.77. The fraction of sp³-hybridized carbons (Fsp3) is 0.222. The number of morpholine rings is 1. The molecule has 1 fully saturated rings. The van der Waals surface area contributed by atoms with E-state index < -0.39 is 15.9 Å². The van der Waals surface area contributed by atoms with E-state index >= 15 is 0 Å². The highest BCUT2D eigenvalue weighted by molar-refractivity contribution is 7.89. The molecule has 0 radical (unpaired) electrons. The first kappa shape index (κ1) is 20.4. The van der Waals surface area contributed by atoms with Crippen molar-refractivity contribution in [3.8, 4) is 11.4 Å². The van der Waals surface area contributed by atoms with Gasteiger partial charge in [0, 0.05) is 29.2 Å². The number of sulfonamides is 1. The first-order chi connectivity index (χ1) is 14.4. The highest BCUT2D eigenvalue weighted by atomic mass is 35.5. The number of carbonyl (C=O) groups is 1. The minimum Gasteiger partial charge on any atom is -0.379 e. The van der Waals surface area contributed by atoms with Crippen molar-refractivity contribution in [3.05, 3.63) is 53.1 Å². The van der Waals surface area contributed by atoms with Crippen LogP contribution in [-0.4, -0.2) is 65.6 Å². The van der Waals surface area contributed by atoms with Gasteiger partial charge in [-0.2, -0.15) is 4.31 Å². The van der Waals surface area contributed by atoms with Gasteiger partial charge in [0.05, 0.1) is 23.8 Å². The zero-order valence-electron chi connectivity index (χ0n) is 15.6. The van der Waals surface area contributed by atoms with Crippen LogP contribution in [0, 0.1) is 0 Å². The molecule has 0 atom stereocenters. The molecule has 1 amide bonds. The van der Waals surface area contributed by atoms with Crippen LogP contribution >= 0.6 is 11.6 Å². The van der Waals surface area contributed by atoms with Crippen molar-refractivity contribution in [2.24, 2.45) is 0 Å². The second-order valence-corrected chi connectivity index (χ2v) is 8.81. The lowest BCUT2D eigenvalue weighted by molar-refractivity contribution is 0.0730. The van der Waals surface area contributed by atoms with E-state index in [2.05, 4.69) is 25.9 Å². The minimum atomic E-state index is -3.63. The molecule has 1 aliphatic heterocycles. The van der Waals surface area contributed by atoms with Crippen LogP contribution in [-0.2, 0) is 14.8 Å². The molecule has 0 unspecified atom stereocenters. The van der Waals surface area contributed by atoms with Crippen LogP contribution < -0.4 is 5.32 Å². The number of nitrogens with zero attached hydrogens (tertiary/aromatic N) is 4. The van der Waals surface area contributed by atoms with E-state index in [9.17, 15) is 13.2 Å². The summed E-state index contributed by atoms with van der Waals surface area (Å²) in [5.74, 6) is -0.0600. The SMILES string of the molecule is O=C(Nc1cc(Cl)ccc1-c1nnn[nH]1)c1ccc(S(=O)(=O)N2CCOCC2)cc1. The van der Waals surface area contributed by atoms with Gasteiger partial charge in [0.1, 0.15) is 0 Å². The third kappa shape index (κ3) is 4.19. The third-order valence-electron chi connectivity index (χ3n) is 4.55. The van der Waals surface area contributed by atoms with E-state index in [0.717, 1.165) is 0 Å². The number of anilines is 1. The lowest BCUT2D eigenvalue weighted by atomic mass is 10.1. The molecule has 0 aliphatic carbocycles. The first-order valence-electron chi connectivity index (χ1n) is 8.98. The first-order valence-corrected chi connectivity index (χ1v) is 10.8. The van der Waals surface area contributed by atoms with Crippen LogP contribution in [0.25, 0.3) is 11.4 Å². The molecule has 3 aromatic rings. The van der Waals surface area contributed by atoms with Crippen LogP contribution in [0.4, 0.5) is 5.69 Å². The van der Waals surface area contributed by atoms with Crippen LogP contribution in [0.3, 0.4) is 0 Å². The van der Waals surface area contributed by atoms with Crippen molar-refractivity contribution in [1.82, 2.24) is 24.9 Å². The number of amides is 1. The quantitative estimate of drug-likeness (QED) is 0.608. The van der Waals surface area contributed by atoms with E-state index in [0.29, 0.717) is 48.4 Å². The number of aromatic nitrogens is 4. The Morgan fingerprint density at radius 2 is 1.87 bits per heavy atom. The summed E-state index contributed by atoms with van der Waals surface area (Å²) in [6.07, 6.45) is 0. The molecule has 0 bridgehead atoms. The van der Waals surface area contributed by atoms with Gasteiger partial charge in [0.2, 0.25) is 10.0 Å². The Hall–Kier alpha value is -2.86. The number of nitrogens with one attached hydrogen (secondary N) is 2. The fourth-order valence-electron chi connectivity index (χ4n) is 3.01. The largest absolute Gasteiger partial charge is 0.379 e. The Labute approximate surface area is 177 Å². The fourth-order valence-corrected chi connectivity index (χ4v) is 4.59. The molecule has 0 saturated carbocycles. The predicted octanol–water partition coefficient (Wildman–Crippen LogP) is 1.79. The van der Waals surface area contributed by atoms with Gasteiger partial charge in [0.15, 0.2) is 5.82 Å². The maximum atomic E-state index is 12.7. The molecular formula is C18H17ClN6O4S. The number of tetrazole rings is 1. The summed E-state index contributed by atoms with van der Waals surface area (Å²) in [5, 5.41) is 16.7. The lowest BCUT2D eigenvalue weighted by Crippen LogP contribution is -2.40. The lowest BCUT2D eigenvalue weighted by Gasteiger charge is -2.26. The van der Waals surface area contributed by atoms with Crippen LogP contribution in [0.2, 0.25) is 5.02 Å². The standard InChI is InChI=1S/C18H17ClN6O4S/c19-13-3-6-15(17-21-23-24-22-17)16(11-13)20-18(26)12-1-4-14(5-2-12)30(27,28)25-7-9-29-10-8-25/h1-6,11H,7-10H2,(H,20,26)(H,21,22,23,24). The van der Waals surface area contributed by atoms with Crippen molar-refractivity contribution in [1.29, 1.82) is 0 Å². The van der Waals surface area contributed by atoms with Crippen molar-refractivity contribution in [3.63, 3.8) is 0 Å². The molecule has 2 N–H and O–H groups in total. The molecular weight excluding hydrogens is 432 g/mol. The maximum Gasteiger partial charge on any atom is 0.255 e. The summed E-state index contributed by atoms with van der Waals surface area (Å²) in [4.78, 5) is 12.8. The number of benzene rings is 2. The maximum absolute atomic E-state index is 12.7. The van der Waals surface area contributed by atoms with Gasteiger partial charge in [-0.1, -0.05) is 11.6 Å². The normalized spacial score (nSPS) is 15.1. The van der Waals surface area contributed by atoms with Crippen LogP contribution in [0.5, 0.6) is 0 Å². The Bertz CT molecular complexity index is 1150. The Morgan fingerprint density at radius 3 is 2.53 bits per heavy atom. The molecule has 1 aliphatic rings. The average molecular weight is 449 g/mol. The number of aromatic amines is 1. The van der Waals surface area contributed by atoms with Crippen LogP contribution in [0.1, 0.15) is 10.4 Å². The second-order valence-electron chi connectivity index (χ2n) is 6.43. The van der Waals surface area contributed by atoms with Crippen molar-refractivity contribution < 1.29 is 17.9 Å². The molecule has 0 spiro atoms. The monoisotopic (exact) mass is 448 g/mol. The van der Waals surface area contributed by atoms with Gasteiger partial charge < -0.3 is 10.1 Å². The smallest absolute Gasteiger partial charge is 0.255 e. The number of hydrogen-bond acceptors (Lipinski definition) is 7. The molecule has 2 aromatic carbocycles. The molecule has 10 nitrogen and oxygen atoms in total. The third-order valence-corrected chi connectivity index (χ3v) is 6.70. The Balaban J connectivity index is 1.55. The molecule has 12 heteroatoms. The number of hydrogen-bond donors (Lipinski definition) is 2. The number of rotatable bonds is 5. The molecule has 1 saturated heterocycles. The average Bonchev–Trinajstić information content (AvgIpc) is 3.29. The molecule has 2 heterocycles. The Morgan fingerprint density at radius 1 is 1.13 bits per heavy atom. The zero-order valence-corrected chi connectivity index (χ0v) is 17.2. The van der Waals surface area contributed by atoms with Gasteiger partial charge in [-0.15, -0.1) is 5.10 Å². The van der Waals surface area contributed by atoms with E-state index in [1.807, 2.05) is 0 Å². The van der Waals surface area contributed by atoms with Gasteiger partial charge in [0.25, 0.3) is 5.91 Å². The summed E-state index contributed by atoms with van der Waals surface area (Å²) >= 11 is 6.06. The van der Waals surface area contributed by atoms with E-state index in [1.165, 1.54) is 28.6 Å². The van der Waals surface area contributed by atoms with E-state index in [4.69, 9.17) is 16.3 Å². The molecule has 4 rings (SSSR count). The zero-order chi connectivity index (χ0) is 21.1. The summed E-state index contributed by atoms with van der Waals surface area (Å²) < 4.78 is 32.0. The van der Waals surface area contributed by atoms with Gasteiger partial charge in [-0.3, -0.25) is 4.79 Å². The highest BCUT2D eigenvalue weighted by Crippen LogP contribution is 2.28. The van der Waals surface area contributed by atoms with Gasteiger partial charge >= 0.3 is 0 Å². The van der Waals surface area contributed by atoms with E-state index in [-0.39, 0.29) is 10.5 Å². The second kappa shape index (κ2) is 8.48. The number of halogens is 1. The summed E-state index contributed by atoms with van der Waals surface area (Å²) in [6.45, 7) is 1.34. The molecule has 1 aromatic heterocycles.